The minimum Gasteiger partial charge on any atom is -0.494 e. The van der Waals surface area contributed by atoms with Crippen LogP contribution in [0.25, 0.3) is 0 Å². The molecule has 0 heterocycles. The zero-order valence-corrected chi connectivity index (χ0v) is 7.62. The van der Waals surface area contributed by atoms with Gasteiger partial charge in [-0.2, -0.15) is 0 Å². The topological polar surface area (TPSA) is 26.3 Å². The van der Waals surface area contributed by atoms with Gasteiger partial charge in [-0.15, -0.1) is 6.58 Å². The lowest BCUT2D eigenvalue weighted by Crippen LogP contribution is -2.03. The highest BCUT2D eigenvalue weighted by Crippen LogP contribution is 2.21. The lowest BCUT2D eigenvalue weighted by Gasteiger charge is -2.13. The van der Waals surface area contributed by atoms with Crippen LogP contribution < -0.4 is 0 Å². The van der Waals surface area contributed by atoms with Crippen LogP contribution in [0.4, 0.5) is 0 Å². The van der Waals surface area contributed by atoms with E-state index < -0.39 is 0 Å². The number of ether oxygens (including phenoxy) is 1. The van der Waals surface area contributed by atoms with Crippen molar-refractivity contribution in [2.45, 2.75) is 6.92 Å². The molecule has 1 unspecified atom stereocenters. The predicted molar refractivity (Wildman–Crippen MR) is 51.7 cm³/mol. The summed E-state index contributed by atoms with van der Waals surface area (Å²) >= 11 is 0. The molecular formula is C11H12O2. The lowest BCUT2D eigenvalue weighted by molar-refractivity contribution is 0.241. The third-order valence-electron chi connectivity index (χ3n) is 1.81. The van der Waals surface area contributed by atoms with Gasteiger partial charge >= 0.3 is 0 Å². The Bertz CT molecular complexity index is 304. The molecule has 0 N–H and O–H groups in total. The molecule has 2 heteroatoms. The van der Waals surface area contributed by atoms with Gasteiger partial charge in [-0.1, -0.05) is 12.2 Å². The third-order valence-corrected chi connectivity index (χ3v) is 1.81. The molecule has 0 aliphatic heterocycles. The van der Waals surface area contributed by atoms with Gasteiger partial charge in [0.05, 0.1) is 12.2 Å². The van der Waals surface area contributed by atoms with E-state index >= 15 is 0 Å². The van der Waals surface area contributed by atoms with E-state index in [-0.39, 0.29) is 5.92 Å². The summed E-state index contributed by atoms with van der Waals surface area (Å²) in [6.45, 7) is 6.13. The molecule has 0 amide bonds. The third kappa shape index (κ3) is 2.20. The van der Waals surface area contributed by atoms with Gasteiger partial charge in [0, 0.05) is 5.92 Å². The van der Waals surface area contributed by atoms with E-state index in [0.717, 1.165) is 0 Å². The van der Waals surface area contributed by atoms with Crippen LogP contribution in [0.5, 0.6) is 0 Å². The Labute approximate surface area is 77.9 Å². The molecule has 68 valence electrons. The second-order valence-electron chi connectivity index (χ2n) is 2.66. The molecule has 0 radical (unpaired) electrons. The summed E-state index contributed by atoms with van der Waals surface area (Å²) in [6.07, 6.45) is 7.12. The van der Waals surface area contributed by atoms with Crippen LogP contribution in [0.15, 0.2) is 42.2 Å². The van der Waals surface area contributed by atoms with Crippen molar-refractivity contribution in [1.29, 1.82) is 0 Å². The molecule has 2 nitrogen and oxygen atoms in total. The fraction of sp³-hybridized carbons (Fsp3) is 0.273. The van der Waals surface area contributed by atoms with Gasteiger partial charge in [0.1, 0.15) is 11.7 Å². The second kappa shape index (κ2) is 4.48. The van der Waals surface area contributed by atoms with Crippen molar-refractivity contribution in [3.63, 3.8) is 0 Å². The van der Waals surface area contributed by atoms with Crippen LogP contribution in [0.2, 0.25) is 0 Å². The van der Waals surface area contributed by atoms with E-state index in [1.54, 1.807) is 12.2 Å². The molecule has 0 spiro atoms. The van der Waals surface area contributed by atoms with Gasteiger partial charge in [0.2, 0.25) is 0 Å². The minimum atomic E-state index is -0.0262. The summed E-state index contributed by atoms with van der Waals surface area (Å²) in [5.74, 6) is 2.56. The summed E-state index contributed by atoms with van der Waals surface area (Å²) in [6, 6.07) is 0. The van der Waals surface area contributed by atoms with Gasteiger partial charge in [0.25, 0.3) is 0 Å². The maximum absolute atomic E-state index is 10.5. The highest BCUT2D eigenvalue weighted by molar-refractivity contribution is 5.62. The number of hydrogen-bond acceptors (Lipinski definition) is 2. The molecule has 0 aromatic heterocycles. The Morgan fingerprint density at radius 3 is 3.08 bits per heavy atom. The fourth-order valence-electron chi connectivity index (χ4n) is 1.16. The average Bonchev–Trinajstić information content (AvgIpc) is 2.18. The van der Waals surface area contributed by atoms with Gasteiger partial charge in [0.15, 0.2) is 0 Å². The van der Waals surface area contributed by atoms with E-state index in [2.05, 4.69) is 6.58 Å². The number of allylic oxidation sites excluding steroid dienone is 5. The van der Waals surface area contributed by atoms with Crippen molar-refractivity contribution in [2.24, 2.45) is 5.92 Å². The molecule has 1 aliphatic carbocycles. The van der Waals surface area contributed by atoms with E-state index in [9.17, 15) is 4.79 Å². The van der Waals surface area contributed by atoms with Crippen molar-refractivity contribution in [2.75, 3.05) is 6.61 Å². The van der Waals surface area contributed by atoms with Crippen molar-refractivity contribution < 1.29 is 9.53 Å². The van der Waals surface area contributed by atoms with Crippen LogP contribution in [0.1, 0.15) is 6.92 Å². The molecule has 0 fully saturated rings. The Morgan fingerprint density at radius 2 is 2.54 bits per heavy atom. The number of hydrogen-bond donors (Lipinski definition) is 0. The number of rotatable bonds is 3. The second-order valence-corrected chi connectivity index (χ2v) is 2.66. The predicted octanol–water partition coefficient (Wildman–Crippen LogP) is 2.04. The van der Waals surface area contributed by atoms with Crippen LogP contribution in [0, 0.1) is 5.92 Å². The quantitative estimate of drug-likeness (QED) is 0.486. The van der Waals surface area contributed by atoms with Crippen LogP contribution >= 0.6 is 0 Å². The maximum atomic E-state index is 10.5. The van der Waals surface area contributed by atoms with Crippen molar-refractivity contribution >= 4 is 5.94 Å². The summed E-state index contributed by atoms with van der Waals surface area (Å²) < 4.78 is 5.25. The first-order valence-electron chi connectivity index (χ1n) is 4.22. The lowest BCUT2D eigenvalue weighted by atomic mass is 9.95. The average molecular weight is 176 g/mol. The molecule has 0 bridgehead atoms. The monoisotopic (exact) mass is 176 g/mol. The smallest absolute Gasteiger partial charge is 0.129 e. The van der Waals surface area contributed by atoms with E-state index in [1.165, 1.54) is 0 Å². The zero-order chi connectivity index (χ0) is 9.68. The minimum absolute atomic E-state index is 0.0262. The summed E-state index contributed by atoms with van der Waals surface area (Å²) in [5.41, 5.74) is 0.570. The fourth-order valence-corrected chi connectivity index (χ4v) is 1.16. The Hall–Kier alpha value is -1.53. The Balaban J connectivity index is 2.87. The first kappa shape index (κ1) is 9.56. The highest BCUT2D eigenvalue weighted by atomic mass is 16.5. The molecule has 0 aromatic rings. The first-order chi connectivity index (χ1) is 6.31. The molecular weight excluding hydrogens is 164 g/mol. The standard InChI is InChI=1S/C11H12O2/c1-3-9-5-6-11(13-4-2)7-10(9)8-12/h3,5-7,9H,1,4H2,2H3. The summed E-state index contributed by atoms with van der Waals surface area (Å²) in [5, 5.41) is 0. The molecule has 0 aromatic carbocycles. The molecule has 1 rings (SSSR count). The molecule has 1 aliphatic rings. The van der Waals surface area contributed by atoms with Gasteiger partial charge in [-0.05, 0) is 19.1 Å². The van der Waals surface area contributed by atoms with Crippen molar-refractivity contribution in [3.05, 3.63) is 42.2 Å². The highest BCUT2D eigenvalue weighted by Gasteiger charge is 2.12. The summed E-state index contributed by atoms with van der Waals surface area (Å²) in [7, 11) is 0. The van der Waals surface area contributed by atoms with Crippen molar-refractivity contribution in [1.82, 2.24) is 0 Å². The van der Waals surface area contributed by atoms with Crippen LogP contribution in [-0.2, 0) is 9.53 Å². The summed E-state index contributed by atoms with van der Waals surface area (Å²) in [4.78, 5) is 10.5. The first-order valence-corrected chi connectivity index (χ1v) is 4.22. The van der Waals surface area contributed by atoms with E-state index in [1.807, 2.05) is 25.0 Å². The van der Waals surface area contributed by atoms with E-state index in [0.29, 0.717) is 17.9 Å². The number of carbonyl (C=O) groups excluding carboxylic acids is 1. The largest absolute Gasteiger partial charge is 0.494 e. The van der Waals surface area contributed by atoms with Crippen molar-refractivity contribution in [3.8, 4) is 0 Å². The van der Waals surface area contributed by atoms with Crippen LogP contribution in [-0.4, -0.2) is 12.5 Å². The van der Waals surface area contributed by atoms with Crippen LogP contribution in [0.3, 0.4) is 0 Å². The van der Waals surface area contributed by atoms with Gasteiger partial charge in [-0.25, -0.2) is 4.79 Å². The molecule has 13 heavy (non-hydrogen) atoms. The zero-order valence-electron chi connectivity index (χ0n) is 7.62. The maximum Gasteiger partial charge on any atom is 0.129 e. The van der Waals surface area contributed by atoms with Gasteiger partial charge in [-0.3, -0.25) is 0 Å². The molecule has 1 atom stereocenters. The van der Waals surface area contributed by atoms with E-state index in [4.69, 9.17) is 4.74 Å². The molecule has 0 saturated heterocycles. The SMILES string of the molecule is C=CC1C=CC(OCC)=CC1=C=O. The molecule has 0 saturated carbocycles. The Kier molecular flexibility index (Phi) is 3.30. The Morgan fingerprint density at radius 1 is 1.77 bits per heavy atom. The normalized spacial score (nSPS) is 20.5. The van der Waals surface area contributed by atoms with Gasteiger partial charge < -0.3 is 4.74 Å².